The van der Waals surface area contributed by atoms with Gasteiger partial charge in [0, 0.05) is 12.1 Å². The molecule has 1 atom stereocenters. The van der Waals surface area contributed by atoms with Crippen molar-refractivity contribution in [2.45, 2.75) is 18.6 Å². The molecule has 1 aliphatic heterocycles. The van der Waals surface area contributed by atoms with Gasteiger partial charge in [0.25, 0.3) is 0 Å². The molecule has 144 valence electrons. The van der Waals surface area contributed by atoms with Crippen LogP contribution in [0.1, 0.15) is 29.5 Å². The van der Waals surface area contributed by atoms with Crippen LogP contribution in [0.5, 0.6) is 0 Å². The van der Waals surface area contributed by atoms with Gasteiger partial charge in [-0.3, -0.25) is 0 Å². The second-order valence-electron chi connectivity index (χ2n) is 6.11. The monoisotopic (exact) mass is 405 g/mol. The van der Waals surface area contributed by atoms with E-state index in [9.17, 15) is 13.2 Å². The zero-order valence-corrected chi connectivity index (χ0v) is 15.1. The molecule has 5 nitrogen and oxygen atoms in total. The molecular formula is C19H14F3N3O2S. The van der Waals surface area contributed by atoms with Crippen molar-refractivity contribution in [2.24, 2.45) is 5.10 Å². The summed E-state index contributed by atoms with van der Waals surface area (Å²) in [6.45, 7) is 0. The molecular weight excluding hydrogens is 391 g/mol. The van der Waals surface area contributed by atoms with Crippen LogP contribution in [0.25, 0.3) is 0 Å². The highest BCUT2D eigenvalue weighted by atomic mass is 32.1. The Kier molecular flexibility index (Phi) is 4.68. The Hall–Kier alpha value is -3.07. The minimum absolute atomic E-state index is 0.155. The van der Waals surface area contributed by atoms with Gasteiger partial charge in [0.05, 0.1) is 18.1 Å². The number of alkyl halides is 3. The molecule has 0 saturated heterocycles. The smallest absolute Gasteiger partial charge is 0.416 e. The fraction of sp³-hybridized carbons (Fsp3) is 0.158. The molecule has 3 aromatic rings. The van der Waals surface area contributed by atoms with Gasteiger partial charge >= 0.3 is 6.18 Å². The van der Waals surface area contributed by atoms with E-state index in [1.165, 1.54) is 17.1 Å². The van der Waals surface area contributed by atoms with Crippen LogP contribution in [-0.2, 0) is 6.18 Å². The molecule has 0 radical (unpaired) electrons. The van der Waals surface area contributed by atoms with Crippen LogP contribution in [0.4, 0.5) is 18.9 Å². The second-order valence-corrected chi connectivity index (χ2v) is 6.50. The molecule has 1 aromatic carbocycles. The highest BCUT2D eigenvalue weighted by Crippen LogP contribution is 2.34. The van der Waals surface area contributed by atoms with Crippen molar-refractivity contribution in [3.63, 3.8) is 0 Å². The number of benzene rings is 1. The standard InChI is InChI=1S/C19H14F3N3O2S/c20-19(21,22)12-4-1-5-13(10-12)23-18(28)25-15(17-7-3-9-27-17)11-14(24-25)16-6-2-8-26-16/h1-10,15H,11H2,(H,23,28)/t15-/m1/s1. The first-order chi connectivity index (χ1) is 13.4. The highest BCUT2D eigenvalue weighted by Gasteiger charge is 2.35. The summed E-state index contributed by atoms with van der Waals surface area (Å²) in [4.78, 5) is 0. The summed E-state index contributed by atoms with van der Waals surface area (Å²) in [5.41, 5.74) is 0.128. The molecule has 0 spiro atoms. The van der Waals surface area contributed by atoms with Crippen molar-refractivity contribution in [1.29, 1.82) is 0 Å². The van der Waals surface area contributed by atoms with Crippen LogP contribution >= 0.6 is 12.2 Å². The Morgan fingerprint density at radius 1 is 1.11 bits per heavy atom. The number of thiocarbonyl (C=S) groups is 1. The van der Waals surface area contributed by atoms with E-state index in [2.05, 4.69) is 10.4 Å². The summed E-state index contributed by atoms with van der Waals surface area (Å²) in [6.07, 6.45) is -0.872. The first kappa shape index (κ1) is 18.3. The third-order valence-corrected chi connectivity index (χ3v) is 4.53. The summed E-state index contributed by atoms with van der Waals surface area (Å²) in [6, 6.07) is 11.6. The number of hydrogen-bond acceptors (Lipinski definition) is 4. The first-order valence-electron chi connectivity index (χ1n) is 8.34. The fourth-order valence-electron chi connectivity index (χ4n) is 2.95. The minimum atomic E-state index is -4.44. The third kappa shape index (κ3) is 3.65. The minimum Gasteiger partial charge on any atom is -0.467 e. The number of hydrogen-bond donors (Lipinski definition) is 1. The molecule has 0 unspecified atom stereocenters. The maximum Gasteiger partial charge on any atom is 0.416 e. The van der Waals surface area contributed by atoms with Gasteiger partial charge in [-0.1, -0.05) is 6.07 Å². The molecule has 0 fully saturated rings. The molecule has 0 amide bonds. The SMILES string of the molecule is FC(F)(F)c1cccc(NC(=S)N2N=C(c3ccco3)C[C@@H]2c2ccco2)c1. The Morgan fingerprint density at radius 2 is 1.89 bits per heavy atom. The Balaban J connectivity index is 1.60. The van der Waals surface area contributed by atoms with Gasteiger partial charge < -0.3 is 14.2 Å². The number of nitrogens with zero attached hydrogens (tertiary/aromatic N) is 2. The lowest BCUT2D eigenvalue weighted by molar-refractivity contribution is -0.137. The number of rotatable bonds is 3. The highest BCUT2D eigenvalue weighted by molar-refractivity contribution is 7.80. The number of nitrogens with one attached hydrogen (secondary N) is 1. The van der Waals surface area contributed by atoms with E-state index >= 15 is 0 Å². The zero-order chi connectivity index (χ0) is 19.7. The summed E-state index contributed by atoms with van der Waals surface area (Å²) in [5, 5.41) is 9.01. The van der Waals surface area contributed by atoms with Crippen molar-refractivity contribution in [3.05, 3.63) is 78.1 Å². The summed E-state index contributed by atoms with van der Waals surface area (Å²) >= 11 is 5.42. The van der Waals surface area contributed by atoms with Crippen LogP contribution in [0.2, 0.25) is 0 Å². The molecule has 9 heteroatoms. The normalized spacial score (nSPS) is 16.9. The predicted octanol–water partition coefficient (Wildman–Crippen LogP) is 5.44. The topological polar surface area (TPSA) is 53.9 Å². The van der Waals surface area contributed by atoms with Crippen molar-refractivity contribution >= 4 is 28.7 Å². The zero-order valence-electron chi connectivity index (χ0n) is 14.3. The van der Waals surface area contributed by atoms with E-state index in [4.69, 9.17) is 21.1 Å². The van der Waals surface area contributed by atoms with Gasteiger partial charge in [-0.15, -0.1) is 0 Å². The van der Waals surface area contributed by atoms with E-state index in [0.717, 1.165) is 12.1 Å². The second kappa shape index (κ2) is 7.16. The molecule has 2 aromatic heterocycles. The average molecular weight is 405 g/mol. The maximum atomic E-state index is 12.9. The van der Waals surface area contributed by atoms with E-state index in [-0.39, 0.29) is 16.8 Å². The number of anilines is 1. The van der Waals surface area contributed by atoms with Gasteiger partial charge in [-0.2, -0.15) is 18.3 Å². The van der Waals surface area contributed by atoms with Gasteiger partial charge in [0.2, 0.25) is 0 Å². The summed E-state index contributed by atoms with van der Waals surface area (Å²) < 4.78 is 49.7. The van der Waals surface area contributed by atoms with Gasteiger partial charge in [-0.05, 0) is 54.7 Å². The molecule has 4 rings (SSSR count). The molecule has 3 heterocycles. The molecule has 0 bridgehead atoms. The van der Waals surface area contributed by atoms with E-state index in [1.807, 2.05) is 0 Å². The van der Waals surface area contributed by atoms with Gasteiger partial charge in [0.15, 0.2) is 5.11 Å². The summed E-state index contributed by atoms with van der Waals surface area (Å²) in [7, 11) is 0. The van der Waals surface area contributed by atoms with Crippen LogP contribution in [0, 0.1) is 0 Å². The van der Waals surface area contributed by atoms with Crippen molar-refractivity contribution in [2.75, 3.05) is 5.32 Å². The van der Waals surface area contributed by atoms with Crippen molar-refractivity contribution in [1.82, 2.24) is 5.01 Å². The van der Waals surface area contributed by atoms with Gasteiger partial charge in [-0.25, -0.2) is 5.01 Å². The molecule has 0 saturated carbocycles. The third-order valence-electron chi connectivity index (χ3n) is 4.24. The lowest BCUT2D eigenvalue weighted by Gasteiger charge is -2.23. The van der Waals surface area contributed by atoms with E-state index < -0.39 is 11.7 Å². The van der Waals surface area contributed by atoms with E-state index in [0.29, 0.717) is 23.7 Å². The largest absolute Gasteiger partial charge is 0.467 e. The number of hydrazone groups is 1. The Labute approximate surface area is 163 Å². The molecule has 1 N–H and O–H groups in total. The molecule has 1 aliphatic rings. The first-order valence-corrected chi connectivity index (χ1v) is 8.75. The summed E-state index contributed by atoms with van der Waals surface area (Å²) in [5.74, 6) is 1.24. The van der Waals surface area contributed by atoms with Crippen LogP contribution in [-0.4, -0.2) is 15.8 Å². The van der Waals surface area contributed by atoms with Crippen LogP contribution in [0.3, 0.4) is 0 Å². The lowest BCUT2D eigenvalue weighted by atomic mass is 10.1. The van der Waals surface area contributed by atoms with Gasteiger partial charge in [0.1, 0.15) is 23.3 Å². The number of halogens is 3. The number of furan rings is 2. The average Bonchev–Trinajstić information content (AvgIpc) is 3.40. The predicted molar refractivity (Wildman–Crippen MR) is 101 cm³/mol. The maximum absolute atomic E-state index is 12.9. The van der Waals surface area contributed by atoms with Crippen LogP contribution in [0.15, 0.2) is 75.0 Å². The lowest BCUT2D eigenvalue weighted by Crippen LogP contribution is -2.31. The van der Waals surface area contributed by atoms with Crippen LogP contribution < -0.4 is 5.32 Å². The molecule has 0 aliphatic carbocycles. The fourth-order valence-corrected chi connectivity index (χ4v) is 3.23. The van der Waals surface area contributed by atoms with Crippen molar-refractivity contribution in [3.8, 4) is 0 Å². The quantitative estimate of drug-likeness (QED) is 0.588. The Morgan fingerprint density at radius 3 is 2.57 bits per heavy atom. The Bertz CT molecular complexity index is 998. The molecule has 28 heavy (non-hydrogen) atoms. The van der Waals surface area contributed by atoms with Crippen molar-refractivity contribution < 1.29 is 22.0 Å². The van der Waals surface area contributed by atoms with E-state index in [1.54, 1.807) is 36.8 Å².